The standard InChI is InChI=1S/C6H2F10O2/c7-3(8,5(11,12)13)1-18-2(17)4(9,10)6(14,15)16/h1H2. The molecule has 0 aliphatic rings. The van der Waals surface area contributed by atoms with Gasteiger partial charge in [-0.1, -0.05) is 0 Å². The van der Waals surface area contributed by atoms with Gasteiger partial charge in [0.05, 0.1) is 0 Å². The van der Waals surface area contributed by atoms with Gasteiger partial charge in [0.25, 0.3) is 0 Å². The smallest absolute Gasteiger partial charge is 0.454 e. The Bertz CT molecular complexity index is 313. The van der Waals surface area contributed by atoms with Crippen LogP contribution < -0.4 is 0 Å². The van der Waals surface area contributed by atoms with Gasteiger partial charge in [-0.3, -0.25) is 0 Å². The second kappa shape index (κ2) is 4.46. The largest absolute Gasteiger partial charge is 0.465 e. The van der Waals surface area contributed by atoms with Crippen molar-refractivity contribution in [2.75, 3.05) is 6.61 Å². The Kier molecular flexibility index (Phi) is 4.16. The first kappa shape index (κ1) is 16.8. The number of halogens is 10. The molecule has 0 atom stereocenters. The summed E-state index contributed by atoms with van der Waals surface area (Å²) < 4.78 is 120. The topological polar surface area (TPSA) is 26.3 Å². The van der Waals surface area contributed by atoms with E-state index in [-0.39, 0.29) is 0 Å². The van der Waals surface area contributed by atoms with Crippen LogP contribution in [0.15, 0.2) is 0 Å². The van der Waals surface area contributed by atoms with Crippen molar-refractivity contribution in [1.82, 2.24) is 0 Å². The fourth-order valence-corrected chi connectivity index (χ4v) is 0.444. The molecule has 0 spiro atoms. The Morgan fingerprint density at radius 1 is 0.778 bits per heavy atom. The van der Waals surface area contributed by atoms with Gasteiger partial charge in [-0.25, -0.2) is 4.79 Å². The SMILES string of the molecule is O=C(OCC(F)(F)C(F)(F)F)C(F)(F)C(F)(F)F. The first-order valence-electron chi connectivity index (χ1n) is 3.69. The van der Waals surface area contributed by atoms with E-state index in [1.54, 1.807) is 0 Å². The summed E-state index contributed by atoms with van der Waals surface area (Å²) in [6.07, 6.45) is -12.7. The van der Waals surface area contributed by atoms with E-state index in [1.807, 2.05) is 0 Å². The number of carbonyl (C=O) groups is 1. The van der Waals surface area contributed by atoms with Gasteiger partial charge in [0, 0.05) is 0 Å². The van der Waals surface area contributed by atoms with Gasteiger partial charge < -0.3 is 4.74 Å². The Labute approximate surface area is 91.5 Å². The zero-order valence-corrected chi connectivity index (χ0v) is 7.80. The molecule has 0 aromatic carbocycles. The molecule has 0 radical (unpaired) electrons. The highest BCUT2D eigenvalue weighted by Gasteiger charge is 2.66. The molecule has 0 saturated heterocycles. The molecule has 0 aliphatic heterocycles. The normalized spacial score (nSPS) is 14.6. The number of carbonyl (C=O) groups excluding carboxylic acids is 1. The molecular formula is C6H2F10O2. The molecule has 108 valence electrons. The molecule has 0 unspecified atom stereocenters. The molecule has 0 saturated carbocycles. The van der Waals surface area contributed by atoms with Crippen LogP contribution in [0.4, 0.5) is 43.9 Å². The average Bonchev–Trinajstić information content (AvgIpc) is 2.10. The zero-order valence-electron chi connectivity index (χ0n) is 7.80. The molecule has 0 rings (SSSR count). The van der Waals surface area contributed by atoms with E-state index in [2.05, 4.69) is 4.74 Å². The van der Waals surface area contributed by atoms with Gasteiger partial charge in [-0.15, -0.1) is 0 Å². The second-order valence-corrected chi connectivity index (χ2v) is 2.85. The van der Waals surface area contributed by atoms with Gasteiger partial charge in [-0.05, 0) is 0 Å². The summed E-state index contributed by atoms with van der Waals surface area (Å²) in [5.41, 5.74) is 0. The maximum Gasteiger partial charge on any atom is 0.465 e. The Morgan fingerprint density at radius 2 is 1.17 bits per heavy atom. The number of hydrogen-bond donors (Lipinski definition) is 0. The minimum absolute atomic E-state index is 2.65. The zero-order chi connectivity index (χ0) is 15.0. The van der Waals surface area contributed by atoms with Crippen molar-refractivity contribution in [3.8, 4) is 0 Å². The lowest BCUT2D eigenvalue weighted by Crippen LogP contribution is -2.48. The average molecular weight is 296 g/mol. The molecule has 0 aromatic heterocycles. The molecule has 18 heavy (non-hydrogen) atoms. The molecule has 2 nitrogen and oxygen atoms in total. The van der Waals surface area contributed by atoms with Crippen LogP contribution in [0.3, 0.4) is 0 Å². The number of ether oxygens (including phenoxy) is 1. The van der Waals surface area contributed by atoms with Crippen LogP contribution in [-0.4, -0.2) is 36.8 Å². The number of hydrogen-bond acceptors (Lipinski definition) is 2. The van der Waals surface area contributed by atoms with Crippen molar-refractivity contribution < 1.29 is 53.4 Å². The summed E-state index contributed by atoms with van der Waals surface area (Å²) in [7, 11) is 0. The Balaban J connectivity index is 4.73. The predicted molar refractivity (Wildman–Crippen MR) is 33.0 cm³/mol. The molecule has 0 fully saturated rings. The highest BCUT2D eigenvalue weighted by atomic mass is 19.4. The van der Waals surface area contributed by atoms with E-state index < -0.39 is 36.8 Å². The molecule has 12 heteroatoms. The van der Waals surface area contributed by atoms with Crippen LogP contribution in [0.5, 0.6) is 0 Å². The van der Waals surface area contributed by atoms with Crippen molar-refractivity contribution in [3.63, 3.8) is 0 Å². The maximum absolute atomic E-state index is 12.1. The van der Waals surface area contributed by atoms with Gasteiger partial charge in [0.2, 0.25) is 0 Å². The van der Waals surface area contributed by atoms with E-state index in [4.69, 9.17) is 0 Å². The lowest BCUT2D eigenvalue weighted by Gasteiger charge is -2.22. The molecule has 0 amide bonds. The number of alkyl halides is 10. The molecule has 0 aromatic rings. The van der Waals surface area contributed by atoms with Gasteiger partial charge >= 0.3 is 30.2 Å². The van der Waals surface area contributed by atoms with E-state index in [1.165, 1.54) is 0 Å². The minimum Gasteiger partial charge on any atom is -0.454 e. The number of esters is 1. The minimum atomic E-state index is -6.46. The van der Waals surface area contributed by atoms with Gasteiger partial charge in [0.15, 0.2) is 6.61 Å². The van der Waals surface area contributed by atoms with Crippen LogP contribution in [0, 0.1) is 0 Å². The van der Waals surface area contributed by atoms with Gasteiger partial charge in [-0.2, -0.15) is 43.9 Å². The van der Waals surface area contributed by atoms with Crippen LogP contribution >= 0.6 is 0 Å². The van der Waals surface area contributed by atoms with E-state index in [0.717, 1.165) is 0 Å². The van der Waals surface area contributed by atoms with Crippen LogP contribution in [0.2, 0.25) is 0 Å². The molecule has 0 aliphatic carbocycles. The monoisotopic (exact) mass is 296 g/mol. The fourth-order valence-electron chi connectivity index (χ4n) is 0.444. The molecule has 0 heterocycles. The third kappa shape index (κ3) is 3.38. The first-order valence-corrected chi connectivity index (χ1v) is 3.69. The van der Waals surface area contributed by atoms with E-state index in [0.29, 0.717) is 0 Å². The molecular weight excluding hydrogens is 294 g/mol. The Morgan fingerprint density at radius 3 is 1.44 bits per heavy atom. The van der Waals surface area contributed by atoms with Crippen molar-refractivity contribution in [2.45, 2.75) is 24.2 Å². The highest BCUT2D eigenvalue weighted by Crippen LogP contribution is 2.38. The van der Waals surface area contributed by atoms with E-state index in [9.17, 15) is 48.7 Å². The molecule has 0 bridgehead atoms. The van der Waals surface area contributed by atoms with Crippen molar-refractivity contribution >= 4 is 5.97 Å². The lowest BCUT2D eigenvalue weighted by atomic mass is 10.3. The van der Waals surface area contributed by atoms with Crippen molar-refractivity contribution in [1.29, 1.82) is 0 Å². The lowest BCUT2D eigenvalue weighted by molar-refractivity contribution is -0.305. The predicted octanol–water partition coefficient (Wildman–Crippen LogP) is 2.92. The van der Waals surface area contributed by atoms with Crippen LogP contribution in [0.1, 0.15) is 0 Å². The first-order chi connectivity index (χ1) is 7.63. The van der Waals surface area contributed by atoms with Crippen molar-refractivity contribution in [3.05, 3.63) is 0 Å². The Hall–Kier alpha value is -1.23. The summed E-state index contributed by atoms with van der Waals surface area (Å²) in [5, 5.41) is 0. The second-order valence-electron chi connectivity index (χ2n) is 2.85. The summed E-state index contributed by atoms with van der Waals surface area (Å²) in [6, 6.07) is 0. The summed E-state index contributed by atoms with van der Waals surface area (Å²) in [4.78, 5) is 10.1. The fraction of sp³-hybridized carbons (Fsp3) is 0.833. The highest BCUT2D eigenvalue weighted by molar-refractivity contribution is 5.78. The maximum atomic E-state index is 12.1. The van der Waals surface area contributed by atoms with Crippen LogP contribution in [-0.2, 0) is 9.53 Å². The van der Waals surface area contributed by atoms with Gasteiger partial charge in [0.1, 0.15) is 0 Å². The third-order valence-electron chi connectivity index (χ3n) is 1.41. The molecule has 0 N–H and O–H groups in total. The van der Waals surface area contributed by atoms with Crippen molar-refractivity contribution in [2.24, 2.45) is 0 Å². The summed E-state index contributed by atoms with van der Waals surface area (Å²) >= 11 is 0. The summed E-state index contributed by atoms with van der Waals surface area (Å²) in [5.74, 6) is -15.4. The quantitative estimate of drug-likeness (QED) is 0.591. The van der Waals surface area contributed by atoms with E-state index >= 15 is 0 Å². The summed E-state index contributed by atoms with van der Waals surface area (Å²) in [6.45, 7) is -2.97. The third-order valence-corrected chi connectivity index (χ3v) is 1.41. The van der Waals surface area contributed by atoms with Crippen LogP contribution in [0.25, 0.3) is 0 Å². The number of rotatable bonds is 3.